The van der Waals surface area contributed by atoms with Crippen molar-refractivity contribution in [2.45, 2.75) is 25.8 Å². The third-order valence-electron chi connectivity index (χ3n) is 4.78. The van der Waals surface area contributed by atoms with E-state index in [1.54, 1.807) is 0 Å². The third-order valence-corrected chi connectivity index (χ3v) is 4.78. The van der Waals surface area contributed by atoms with Crippen LogP contribution in [0.4, 0.5) is 0 Å². The standard InChI is InChI=1S/C25H26N2O2/c1-19(21-12-14-23(15-13-21)22-10-6-3-7-11-22)27-24(28)16-17-26-25(29)18-20-8-4-2-5-9-20/h2-15,19H,16-18H2,1H3,(H,26,29)(H,27,28). The second-order valence-corrected chi connectivity index (χ2v) is 7.04. The minimum atomic E-state index is -0.0904. The van der Waals surface area contributed by atoms with E-state index in [1.807, 2.05) is 67.6 Å². The van der Waals surface area contributed by atoms with Crippen molar-refractivity contribution in [3.05, 3.63) is 96.1 Å². The van der Waals surface area contributed by atoms with Gasteiger partial charge in [-0.05, 0) is 29.2 Å². The Morgan fingerprint density at radius 3 is 2.00 bits per heavy atom. The van der Waals surface area contributed by atoms with Gasteiger partial charge in [0.2, 0.25) is 11.8 Å². The molecule has 0 saturated carbocycles. The Kier molecular flexibility index (Phi) is 7.17. The fourth-order valence-corrected chi connectivity index (χ4v) is 3.15. The fourth-order valence-electron chi connectivity index (χ4n) is 3.15. The number of benzene rings is 3. The quantitative estimate of drug-likeness (QED) is 0.607. The van der Waals surface area contributed by atoms with Crippen LogP contribution in [0, 0.1) is 0 Å². The molecule has 0 aliphatic carbocycles. The van der Waals surface area contributed by atoms with Gasteiger partial charge in [0.05, 0.1) is 12.5 Å². The molecule has 0 aromatic heterocycles. The molecule has 4 heteroatoms. The van der Waals surface area contributed by atoms with Crippen LogP contribution in [0.1, 0.15) is 30.5 Å². The fraction of sp³-hybridized carbons (Fsp3) is 0.200. The molecule has 0 bridgehead atoms. The zero-order chi connectivity index (χ0) is 20.5. The number of hydrogen-bond acceptors (Lipinski definition) is 2. The van der Waals surface area contributed by atoms with E-state index in [1.165, 1.54) is 5.56 Å². The van der Waals surface area contributed by atoms with Gasteiger partial charge in [-0.2, -0.15) is 0 Å². The zero-order valence-electron chi connectivity index (χ0n) is 16.6. The molecule has 1 atom stereocenters. The van der Waals surface area contributed by atoms with Gasteiger partial charge in [-0.15, -0.1) is 0 Å². The first-order chi connectivity index (χ1) is 14.1. The van der Waals surface area contributed by atoms with Crippen LogP contribution in [0.15, 0.2) is 84.9 Å². The molecule has 0 spiro atoms. The van der Waals surface area contributed by atoms with Crippen molar-refractivity contribution in [1.82, 2.24) is 10.6 Å². The van der Waals surface area contributed by atoms with Crippen molar-refractivity contribution in [3.8, 4) is 11.1 Å². The molecule has 0 aliphatic rings. The minimum absolute atomic E-state index is 0.0754. The van der Waals surface area contributed by atoms with E-state index < -0.39 is 0 Å². The molecule has 3 aromatic carbocycles. The molecule has 3 rings (SSSR count). The Balaban J connectivity index is 1.42. The summed E-state index contributed by atoms with van der Waals surface area (Å²) >= 11 is 0. The van der Waals surface area contributed by atoms with Gasteiger partial charge in [-0.1, -0.05) is 84.9 Å². The monoisotopic (exact) mass is 386 g/mol. The van der Waals surface area contributed by atoms with E-state index in [9.17, 15) is 9.59 Å². The number of rotatable bonds is 8. The van der Waals surface area contributed by atoms with Crippen molar-refractivity contribution in [2.75, 3.05) is 6.54 Å². The van der Waals surface area contributed by atoms with Gasteiger partial charge < -0.3 is 10.6 Å². The molecule has 0 aliphatic heterocycles. The van der Waals surface area contributed by atoms with Gasteiger partial charge in [0.15, 0.2) is 0 Å². The smallest absolute Gasteiger partial charge is 0.224 e. The normalized spacial score (nSPS) is 11.5. The molecule has 0 saturated heterocycles. The van der Waals surface area contributed by atoms with Crippen molar-refractivity contribution >= 4 is 11.8 Å². The van der Waals surface area contributed by atoms with Crippen LogP contribution < -0.4 is 10.6 Å². The van der Waals surface area contributed by atoms with Crippen LogP contribution in [0.3, 0.4) is 0 Å². The minimum Gasteiger partial charge on any atom is -0.355 e. The summed E-state index contributed by atoms with van der Waals surface area (Å²) < 4.78 is 0. The van der Waals surface area contributed by atoms with E-state index in [0.29, 0.717) is 13.0 Å². The van der Waals surface area contributed by atoms with E-state index in [0.717, 1.165) is 16.7 Å². The van der Waals surface area contributed by atoms with Gasteiger partial charge in [0.1, 0.15) is 0 Å². The first kappa shape index (κ1) is 20.3. The second-order valence-electron chi connectivity index (χ2n) is 7.04. The molecule has 1 unspecified atom stereocenters. The van der Waals surface area contributed by atoms with Crippen molar-refractivity contribution in [2.24, 2.45) is 0 Å². The lowest BCUT2D eigenvalue weighted by Crippen LogP contribution is -2.32. The maximum Gasteiger partial charge on any atom is 0.224 e. The summed E-state index contributed by atoms with van der Waals surface area (Å²) in [6.45, 7) is 2.29. The van der Waals surface area contributed by atoms with Gasteiger partial charge in [0.25, 0.3) is 0 Å². The molecule has 29 heavy (non-hydrogen) atoms. The lowest BCUT2D eigenvalue weighted by Gasteiger charge is -2.15. The molecule has 0 radical (unpaired) electrons. The van der Waals surface area contributed by atoms with Crippen LogP contribution in [-0.2, 0) is 16.0 Å². The Labute approximate surface area is 172 Å². The average molecular weight is 386 g/mol. The predicted molar refractivity (Wildman–Crippen MR) is 116 cm³/mol. The molecular weight excluding hydrogens is 360 g/mol. The third kappa shape index (κ3) is 6.32. The molecule has 0 fully saturated rings. The van der Waals surface area contributed by atoms with Crippen LogP contribution in [0.5, 0.6) is 0 Å². The highest BCUT2D eigenvalue weighted by Gasteiger charge is 2.10. The second kappa shape index (κ2) is 10.2. The molecule has 2 amide bonds. The van der Waals surface area contributed by atoms with Crippen LogP contribution >= 0.6 is 0 Å². The number of carbonyl (C=O) groups is 2. The van der Waals surface area contributed by atoms with Gasteiger partial charge in [-0.25, -0.2) is 0 Å². The lowest BCUT2D eigenvalue weighted by atomic mass is 10.0. The summed E-state index contributed by atoms with van der Waals surface area (Å²) in [6, 6.07) is 27.9. The summed E-state index contributed by atoms with van der Waals surface area (Å²) in [7, 11) is 0. The number of hydrogen-bond donors (Lipinski definition) is 2. The van der Waals surface area contributed by atoms with Crippen molar-refractivity contribution in [1.29, 1.82) is 0 Å². The number of nitrogens with one attached hydrogen (secondary N) is 2. The van der Waals surface area contributed by atoms with Crippen LogP contribution in [-0.4, -0.2) is 18.4 Å². The Hall–Kier alpha value is -3.40. The largest absolute Gasteiger partial charge is 0.355 e. The van der Waals surface area contributed by atoms with Gasteiger partial charge >= 0.3 is 0 Å². The van der Waals surface area contributed by atoms with Crippen LogP contribution in [0.2, 0.25) is 0 Å². The highest BCUT2D eigenvalue weighted by atomic mass is 16.2. The number of amides is 2. The Morgan fingerprint density at radius 2 is 1.34 bits per heavy atom. The SMILES string of the molecule is CC(NC(=O)CCNC(=O)Cc1ccccc1)c1ccc(-c2ccccc2)cc1. The highest BCUT2D eigenvalue weighted by molar-refractivity contribution is 5.80. The van der Waals surface area contributed by atoms with E-state index in [4.69, 9.17) is 0 Å². The summed E-state index contributed by atoms with van der Waals surface area (Å²) in [6.07, 6.45) is 0.583. The van der Waals surface area contributed by atoms with E-state index in [-0.39, 0.29) is 24.3 Å². The predicted octanol–water partition coefficient (Wildman–Crippen LogP) is 4.28. The van der Waals surface area contributed by atoms with Gasteiger partial charge in [-0.3, -0.25) is 9.59 Å². The zero-order valence-corrected chi connectivity index (χ0v) is 16.6. The first-order valence-electron chi connectivity index (χ1n) is 9.87. The van der Waals surface area contributed by atoms with Crippen molar-refractivity contribution in [3.63, 3.8) is 0 Å². The Morgan fingerprint density at radius 1 is 0.759 bits per heavy atom. The summed E-state index contributed by atoms with van der Waals surface area (Å²) in [5.41, 5.74) is 4.32. The van der Waals surface area contributed by atoms with Crippen molar-refractivity contribution < 1.29 is 9.59 Å². The maximum absolute atomic E-state index is 12.2. The molecular formula is C25H26N2O2. The average Bonchev–Trinajstić information content (AvgIpc) is 2.75. The molecule has 3 aromatic rings. The number of carbonyl (C=O) groups excluding carboxylic acids is 2. The lowest BCUT2D eigenvalue weighted by molar-refractivity contribution is -0.122. The molecule has 148 valence electrons. The topological polar surface area (TPSA) is 58.2 Å². The summed E-state index contributed by atoms with van der Waals surface area (Å²) in [5, 5.41) is 5.79. The molecule has 4 nitrogen and oxygen atoms in total. The summed E-state index contributed by atoms with van der Waals surface area (Å²) in [5.74, 6) is -0.154. The first-order valence-corrected chi connectivity index (χ1v) is 9.87. The van der Waals surface area contributed by atoms with E-state index in [2.05, 4.69) is 34.9 Å². The molecule has 0 heterocycles. The van der Waals surface area contributed by atoms with Gasteiger partial charge in [0, 0.05) is 13.0 Å². The maximum atomic E-state index is 12.2. The van der Waals surface area contributed by atoms with E-state index >= 15 is 0 Å². The van der Waals surface area contributed by atoms with Crippen LogP contribution in [0.25, 0.3) is 11.1 Å². The highest BCUT2D eigenvalue weighted by Crippen LogP contribution is 2.21. The summed E-state index contributed by atoms with van der Waals surface area (Å²) in [4.78, 5) is 24.1. The molecule has 2 N–H and O–H groups in total. The Bertz CT molecular complexity index is 922.